The van der Waals surface area contributed by atoms with E-state index in [1.807, 2.05) is 13.8 Å². The van der Waals surface area contributed by atoms with Crippen LogP contribution in [0.5, 0.6) is 5.75 Å². The highest BCUT2D eigenvalue weighted by atomic mass is 32.2. The molecule has 2 aromatic carbocycles. The van der Waals surface area contributed by atoms with Crippen LogP contribution in [0.3, 0.4) is 0 Å². The van der Waals surface area contributed by atoms with Gasteiger partial charge in [-0.1, -0.05) is 18.1 Å². The van der Waals surface area contributed by atoms with Crippen molar-refractivity contribution in [2.24, 2.45) is 0 Å². The molecular weight excluding hydrogens is 418 g/mol. The SMILES string of the molecule is CCCS(=O)(=O)Nc1ccc(NC(=O)c2cccc(OCc3c(C)noc3C)c2)cc1. The third-order valence-corrected chi connectivity index (χ3v) is 6.04. The number of amides is 1. The Kier molecular flexibility index (Phi) is 6.96. The molecule has 0 saturated carbocycles. The second-order valence-electron chi connectivity index (χ2n) is 7.07. The van der Waals surface area contributed by atoms with Crippen molar-refractivity contribution in [3.63, 3.8) is 0 Å². The number of aromatic nitrogens is 1. The van der Waals surface area contributed by atoms with E-state index in [-0.39, 0.29) is 11.7 Å². The van der Waals surface area contributed by atoms with Crippen LogP contribution in [-0.2, 0) is 16.6 Å². The maximum atomic E-state index is 12.6. The molecular formula is C22H25N3O5S. The van der Waals surface area contributed by atoms with Crippen molar-refractivity contribution < 1.29 is 22.5 Å². The van der Waals surface area contributed by atoms with Gasteiger partial charge in [0.2, 0.25) is 10.0 Å². The maximum absolute atomic E-state index is 12.6. The van der Waals surface area contributed by atoms with Gasteiger partial charge in [-0.15, -0.1) is 0 Å². The zero-order valence-corrected chi connectivity index (χ0v) is 18.5. The van der Waals surface area contributed by atoms with Crippen molar-refractivity contribution in [2.45, 2.75) is 33.8 Å². The number of nitrogens with one attached hydrogen (secondary N) is 2. The number of hydrogen-bond donors (Lipinski definition) is 2. The molecule has 0 bridgehead atoms. The number of aryl methyl sites for hydroxylation is 2. The minimum atomic E-state index is -3.36. The number of carbonyl (C=O) groups is 1. The molecule has 3 aromatic rings. The van der Waals surface area contributed by atoms with Crippen molar-refractivity contribution in [3.05, 3.63) is 71.1 Å². The lowest BCUT2D eigenvalue weighted by molar-refractivity contribution is 0.102. The number of ether oxygens (including phenoxy) is 1. The van der Waals surface area contributed by atoms with Crippen molar-refractivity contribution in [3.8, 4) is 5.75 Å². The number of carbonyl (C=O) groups excluding carboxylic acids is 1. The average Bonchev–Trinajstić information content (AvgIpc) is 3.05. The van der Waals surface area contributed by atoms with Crippen LogP contribution >= 0.6 is 0 Å². The van der Waals surface area contributed by atoms with Crippen LogP contribution in [-0.4, -0.2) is 25.2 Å². The molecule has 3 rings (SSSR count). The van der Waals surface area contributed by atoms with Crippen LogP contribution in [0.25, 0.3) is 0 Å². The van der Waals surface area contributed by atoms with Gasteiger partial charge in [0, 0.05) is 16.9 Å². The molecule has 1 amide bonds. The van der Waals surface area contributed by atoms with E-state index in [1.165, 1.54) is 0 Å². The monoisotopic (exact) mass is 443 g/mol. The van der Waals surface area contributed by atoms with Gasteiger partial charge in [0.1, 0.15) is 18.1 Å². The fourth-order valence-electron chi connectivity index (χ4n) is 2.91. The molecule has 9 heteroatoms. The van der Waals surface area contributed by atoms with E-state index >= 15 is 0 Å². The Labute approximate surface area is 181 Å². The first-order valence-electron chi connectivity index (χ1n) is 9.84. The van der Waals surface area contributed by atoms with E-state index in [1.54, 1.807) is 55.5 Å². The van der Waals surface area contributed by atoms with Gasteiger partial charge in [-0.05, 0) is 62.7 Å². The van der Waals surface area contributed by atoms with Gasteiger partial charge in [-0.25, -0.2) is 8.42 Å². The first-order chi connectivity index (χ1) is 14.8. The van der Waals surface area contributed by atoms with E-state index in [0.717, 1.165) is 11.3 Å². The number of hydrogen-bond acceptors (Lipinski definition) is 6. The predicted molar refractivity (Wildman–Crippen MR) is 119 cm³/mol. The normalized spacial score (nSPS) is 11.2. The summed E-state index contributed by atoms with van der Waals surface area (Å²) in [4.78, 5) is 12.6. The molecule has 1 aromatic heterocycles. The Bertz CT molecular complexity index is 1130. The second-order valence-corrected chi connectivity index (χ2v) is 8.91. The van der Waals surface area contributed by atoms with Crippen LogP contribution in [0.1, 0.15) is 40.7 Å². The molecule has 0 saturated heterocycles. The summed E-state index contributed by atoms with van der Waals surface area (Å²) in [6, 6.07) is 13.3. The Morgan fingerprint density at radius 2 is 1.81 bits per heavy atom. The molecule has 164 valence electrons. The molecule has 0 spiro atoms. The Hall–Kier alpha value is -3.33. The summed E-state index contributed by atoms with van der Waals surface area (Å²) in [5.41, 5.74) is 3.08. The van der Waals surface area contributed by atoms with Gasteiger partial charge >= 0.3 is 0 Å². The quantitative estimate of drug-likeness (QED) is 0.511. The fraction of sp³-hybridized carbons (Fsp3) is 0.273. The predicted octanol–water partition coefficient (Wildman–Crippen LogP) is 4.27. The largest absolute Gasteiger partial charge is 0.489 e. The van der Waals surface area contributed by atoms with Gasteiger partial charge in [0.15, 0.2) is 0 Å². The molecule has 0 radical (unpaired) electrons. The van der Waals surface area contributed by atoms with Gasteiger partial charge in [0.05, 0.1) is 17.0 Å². The molecule has 1 heterocycles. The third kappa shape index (κ3) is 6.08. The van der Waals surface area contributed by atoms with Crippen LogP contribution in [0.15, 0.2) is 53.1 Å². The van der Waals surface area contributed by atoms with Gasteiger partial charge < -0.3 is 14.6 Å². The lowest BCUT2D eigenvalue weighted by Crippen LogP contribution is -2.16. The number of sulfonamides is 1. The highest BCUT2D eigenvalue weighted by Crippen LogP contribution is 2.20. The number of rotatable bonds is 9. The van der Waals surface area contributed by atoms with Crippen LogP contribution < -0.4 is 14.8 Å². The summed E-state index contributed by atoms with van der Waals surface area (Å²) in [5.74, 6) is 1.00. The van der Waals surface area contributed by atoms with E-state index < -0.39 is 10.0 Å². The zero-order chi connectivity index (χ0) is 22.4. The molecule has 0 aliphatic carbocycles. The van der Waals surface area contributed by atoms with Crippen LogP contribution in [0.2, 0.25) is 0 Å². The first-order valence-corrected chi connectivity index (χ1v) is 11.5. The molecule has 0 unspecified atom stereocenters. The van der Waals surface area contributed by atoms with Crippen molar-refractivity contribution in [1.29, 1.82) is 0 Å². The maximum Gasteiger partial charge on any atom is 0.255 e. The van der Waals surface area contributed by atoms with Gasteiger partial charge in [0.25, 0.3) is 5.91 Å². The summed E-state index contributed by atoms with van der Waals surface area (Å²) in [6.45, 7) is 5.76. The van der Waals surface area contributed by atoms with Crippen LogP contribution in [0, 0.1) is 13.8 Å². The van der Waals surface area contributed by atoms with E-state index in [2.05, 4.69) is 15.2 Å². The van der Waals surface area contributed by atoms with E-state index in [0.29, 0.717) is 41.5 Å². The van der Waals surface area contributed by atoms with Crippen molar-refractivity contribution in [1.82, 2.24) is 5.16 Å². The highest BCUT2D eigenvalue weighted by molar-refractivity contribution is 7.92. The molecule has 0 aliphatic heterocycles. The molecule has 8 nitrogen and oxygen atoms in total. The smallest absolute Gasteiger partial charge is 0.255 e. The van der Waals surface area contributed by atoms with Crippen molar-refractivity contribution >= 4 is 27.3 Å². The molecule has 0 aliphatic rings. The molecule has 2 N–H and O–H groups in total. The summed E-state index contributed by atoms with van der Waals surface area (Å²) >= 11 is 0. The highest BCUT2D eigenvalue weighted by Gasteiger charge is 2.12. The summed E-state index contributed by atoms with van der Waals surface area (Å²) in [6.07, 6.45) is 0.532. The topological polar surface area (TPSA) is 111 Å². The number of anilines is 2. The Morgan fingerprint density at radius 1 is 1.10 bits per heavy atom. The standard InChI is InChI=1S/C22H25N3O5S/c1-4-12-31(27,28)25-19-10-8-18(9-11-19)23-22(26)17-6-5-7-20(13-17)29-14-21-15(2)24-30-16(21)3/h5-11,13,25H,4,12,14H2,1-3H3,(H,23,26). The van der Waals surface area contributed by atoms with Gasteiger partial charge in [-0.2, -0.15) is 0 Å². The summed E-state index contributed by atoms with van der Waals surface area (Å²) < 4.78 is 37.1. The molecule has 0 atom stereocenters. The minimum Gasteiger partial charge on any atom is -0.489 e. The number of nitrogens with zero attached hydrogens (tertiary/aromatic N) is 1. The third-order valence-electron chi connectivity index (χ3n) is 4.55. The zero-order valence-electron chi connectivity index (χ0n) is 17.6. The van der Waals surface area contributed by atoms with Gasteiger partial charge in [-0.3, -0.25) is 9.52 Å². The lowest BCUT2D eigenvalue weighted by Gasteiger charge is -2.10. The van der Waals surface area contributed by atoms with Crippen molar-refractivity contribution in [2.75, 3.05) is 15.8 Å². The fourth-order valence-corrected chi connectivity index (χ4v) is 4.05. The summed E-state index contributed by atoms with van der Waals surface area (Å²) in [7, 11) is -3.36. The first kappa shape index (κ1) is 22.4. The van der Waals surface area contributed by atoms with Crippen LogP contribution in [0.4, 0.5) is 11.4 Å². The number of benzene rings is 2. The van der Waals surface area contributed by atoms with E-state index in [9.17, 15) is 13.2 Å². The van der Waals surface area contributed by atoms with E-state index in [4.69, 9.17) is 9.26 Å². The molecule has 31 heavy (non-hydrogen) atoms. The average molecular weight is 444 g/mol. The lowest BCUT2D eigenvalue weighted by atomic mass is 10.2. The Morgan fingerprint density at radius 3 is 2.45 bits per heavy atom. The molecule has 0 fully saturated rings. The Balaban J connectivity index is 1.62. The summed E-state index contributed by atoms with van der Waals surface area (Å²) in [5, 5.41) is 6.69. The second kappa shape index (κ2) is 9.65. The minimum absolute atomic E-state index is 0.0557.